The molecule has 146 valence electrons. The summed E-state index contributed by atoms with van der Waals surface area (Å²) in [5.41, 5.74) is 5.98. The Balaban J connectivity index is 1.63. The number of hydrogen-bond acceptors (Lipinski definition) is 5. The molecule has 2 amide bonds. The summed E-state index contributed by atoms with van der Waals surface area (Å²) in [5, 5.41) is 14.3. The fourth-order valence-corrected chi connectivity index (χ4v) is 4.29. The molecule has 1 fully saturated rings. The van der Waals surface area contributed by atoms with E-state index in [4.69, 9.17) is 5.73 Å². The smallest absolute Gasteiger partial charge is 0.319 e. The number of hydrogen-bond donors (Lipinski definition) is 3. The highest BCUT2D eigenvalue weighted by molar-refractivity contribution is 7.15. The maximum atomic E-state index is 13.1. The first kappa shape index (κ1) is 19.4. The van der Waals surface area contributed by atoms with Crippen LogP contribution in [-0.2, 0) is 6.42 Å². The third kappa shape index (κ3) is 5.32. The fourth-order valence-electron chi connectivity index (χ4n) is 3.37. The van der Waals surface area contributed by atoms with Gasteiger partial charge in [-0.1, -0.05) is 37.0 Å². The van der Waals surface area contributed by atoms with E-state index in [2.05, 4.69) is 10.3 Å². The van der Waals surface area contributed by atoms with Crippen LogP contribution in [0.25, 0.3) is 0 Å². The third-order valence-corrected chi connectivity index (χ3v) is 5.86. The molecule has 1 heterocycles. The van der Waals surface area contributed by atoms with E-state index in [-0.39, 0.29) is 18.2 Å². The number of halogens is 1. The van der Waals surface area contributed by atoms with Crippen molar-refractivity contribution in [3.05, 3.63) is 35.0 Å². The number of thiazole rings is 1. The summed E-state index contributed by atoms with van der Waals surface area (Å²) in [5.74, 6) is -0.392. The number of primary amides is 1. The predicted octanol–water partition coefficient (Wildman–Crippen LogP) is 4.25. The molecule has 6 nitrogen and oxygen atoms in total. The van der Waals surface area contributed by atoms with Gasteiger partial charge >= 0.3 is 6.03 Å². The van der Waals surface area contributed by atoms with Gasteiger partial charge in [0.2, 0.25) is 5.88 Å². The summed E-state index contributed by atoms with van der Waals surface area (Å²) in [6, 6.07) is 5.35. The van der Waals surface area contributed by atoms with Gasteiger partial charge < -0.3 is 16.2 Å². The summed E-state index contributed by atoms with van der Waals surface area (Å²) in [6.45, 7) is 0.277. The Kier molecular flexibility index (Phi) is 6.49. The lowest BCUT2D eigenvalue weighted by Gasteiger charge is -2.20. The topological polar surface area (TPSA) is 91.5 Å². The first-order chi connectivity index (χ1) is 13.0. The molecule has 1 saturated carbocycles. The van der Waals surface area contributed by atoms with E-state index < -0.39 is 6.03 Å². The number of anilines is 2. The molecule has 27 heavy (non-hydrogen) atoms. The maximum absolute atomic E-state index is 13.1. The monoisotopic (exact) mass is 392 g/mol. The lowest BCUT2D eigenvalue weighted by molar-refractivity contribution is 0.254. The van der Waals surface area contributed by atoms with Gasteiger partial charge in [0.05, 0.1) is 4.88 Å². The van der Waals surface area contributed by atoms with Crippen LogP contribution >= 0.6 is 11.3 Å². The van der Waals surface area contributed by atoms with Crippen LogP contribution in [0.15, 0.2) is 24.3 Å². The Hall–Kier alpha value is -2.35. The third-order valence-electron chi connectivity index (χ3n) is 4.83. The summed E-state index contributed by atoms with van der Waals surface area (Å²) in [7, 11) is 0. The van der Waals surface area contributed by atoms with Crippen molar-refractivity contribution in [2.45, 2.75) is 51.0 Å². The molecule has 1 aromatic heterocycles. The normalized spacial score (nSPS) is 15.3. The van der Waals surface area contributed by atoms with Crippen molar-refractivity contribution in [3.8, 4) is 5.88 Å². The zero-order chi connectivity index (χ0) is 19.2. The van der Waals surface area contributed by atoms with Gasteiger partial charge in [-0.3, -0.25) is 4.90 Å². The highest BCUT2D eigenvalue weighted by Crippen LogP contribution is 2.31. The van der Waals surface area contributed by atoms with E-state index in [1.807, 2.05) is 0 Å². The summed E-state index contributed by atoms with van der Waals surface area (Å²) < 4.78 is 13.1. The number of nitrogens with zero attached hydrogens (tertiary/aromatic N) is 2. The standard InChI is InChI=1S/C19H25FN4O2S/c20-13-7-9-15(10-8-13)24(18(21)26)12-11-16-17(25)23-19(27-16)22-14-5-3-1-2-4-6-14/h7-10,14,25H,1-6,11-12H2,(H2,21,26)(H,22,23). The molecule has 8 heteroatoms. The molecule has 0 unspecified atom stereocenters. The average Bonchev–Trinajstić information content (AvgIpc) is 2.82. The fraction of sp³-hybridized carbons (Fsp3) is 0.474. The van der Waals surface area contributed by atoms with Crippen LogP contribution in [0, 0.1) is 5.82 Å². The molecule has 0 atom stereocenters. The van der Waals surface area contributed by atoms with Crippen molar-refractivity contribution in [1.29, 1.82) is 0 Å². The number of nitrogens with one attached hydrogen (secondary N) is 1. The van der Waals surface area contributed by atoms with Gasteiger partial charge in [0.1, 0.15) is 5.82 Å². The van der Waals surface area contributed by atoms with Crippen LogP contribution in [0.2, 0.25) is 0 Å². The molecule has 0 aliphatic heterocycles. The lowest BCUT2D eigenvalue weighted by Crippen LogP contribution is -2.37. The van der Waals surface area contributed by atoms with Gasteiger partial charge in [-0.05, 0) is 37.1 Å². The van der Waals surface area contributed by atoms with Crippen molar-refractivity contribution in [2.24, 2.45) is 5.73 Å². The van der Waals surface area contributed by atoms with Crippen LogP contribution < -0.4 is 16.0 Å². The number of aromatic nitrogens is 1. The molecule has 1 aromatic carbocycles. The largest absolute Gasteiger partial charge is 0.492 e. The number of carbonyl (C=O) groups excluding carboxylic acids is 1. The first-order valence-corrected chi connectivity index (χ1v) is 10.1. The van der Waals surface area contributed by atoms with Crippen molar-refractivity contribution in [1.82, 2.24) is 4.98 Å². The Morgan fingerprint density at radius 3 is 2.56 bits per heavy atom. The second-order valence-corrected chi connectivity index (χ2v) is 7.90. The second kappa shape index (κ2) is 9.03. The van der Waals surface area contributed by atoms with Crippen LogP contribution in [0.3, 0.4) is 0 Å². The van der Waals surface area contributed by atoms with E-state index in [1.165, 1.54) is 66.2 Å². The van der Waals surface area contributed by atoms with E-state index >= 15 is 0 Å². The molecule has 2 aromatic rings. The van der Waals surface area contributed by atoms with Crippen molar-refractivity contribution >= 4 is 28.2 Å². The minimum Gasteiger partial charge on any atom is -0.492 e. The molecular formula is C19H25FN4O2S. The van der Waals surface area contributed by atoms with Gasteiger partial charge in [0, 0.05) is 24.7 Å². The molecule has 0 spiro atoms. The maximum Gasteiger partial charge on any atom is 0.319 e. The lowest BCUT2D eigenvalue weighted by atomic mass is 10.1. The summed E-state index contributed by atoms with van der Waals surface area (Å²) >= 11 is 1.40. The van der Waals surface area contributed by atoms with Crippen LogP contribution in [-0.4, -0.2) is 28.7 Å². The first-order valence-electron chi connectivity index (χ1n) is 9.30. The number of nitrogens with two attached hydrogens (primary N) is 1. The average molecular weight is 392 g/mol. The molecule has 1 aliphatic carbocycles. The van der Waals surface area contributed by atoms with Crippen molar-refractivity contribution in [2.75, 3.05) is 16.8 Å². The quantitative estimate of drug-likeness (QED) is 0.641. The number of amides is 2. The molecular weight excluding hydrogens is 367 g/mol. The van der Waals surface area contributed by atoms with Crippen LogP contribution in [0.4, 0.5) is 20.0 Å². The van der Waals surface area contributed by atoms with Crippen LogP contribution in [0.5, 0.6) is 5.88 Å². The van der Waals surface area contributed by atoms with Crippen molar-refractivity contribution in [3.63, 3.8) is 0 Å². The Labute approximate surface area is 162 Å². The zero-order valence-electron chi connectivity index (χ0n) is 15.2. The highest BCUT2D eigenvalue weighted by atomic mass is 32.1. The van der Waals surface area contributed by atoms with Crippen LogP contribution in [0.1, 0.15) is 43.4 Å². The van der Waals surface area contributed by atoms with E-state index in [9.17, 15) is 14.3 Å². The minimum absolute atomic E-state index is 0.0142. The van der Waals surface area contributed by atoms with Gasteiger partial charge in [0.15, 0.2) is 5.13 Å². The van der Waals surface area contributed by atoms with Crippen molar-refractivity contribution < 1.29 is 14.3 Å². The van der Waals surface area contributed by atoms with E-state index in [0.717, 1.165) is 12.8 Å². The van der Waals surface area contributed by atoms with Gasteiger partial charge in [0.25, 0.3) is 0 Å². The van der Waals surface area contributed by atoms with Gasteiger partial charge in [-0.15, -0.1) is 0 Å². The van der Waals surface area contributed by atoms with E-state index in [1.54, 1.807) is 0 Å². The summed E-state index contributed by atoms with van der Waals surface area (Å²) in [4.78, 5) is 18.0. The number of urea groups is 1. The van der Waals surface area contributed by atoms with Gasteiger partial charge in [-0.25, -0.2) is 9.18 Å². The SMILES string of the molecule is NC(=O)N(CCc1sc(NC2CCCCCC2)nc1O)c1ccc(F)cc1. The number of benzene rings is 1. The molecule has 0 bridgehead atoms. The number of rotatable bonds is 6. The molecule has 4 N–H and O–H groups in total. The Bertz CT molecular complexity index is 758. The Morgan fingerprint density at radius 1 is 1.26 bits per heavy atom. The number of aromatic hydroxyl groups is 1. The second-order valence-electron chi connectivity index (χ2n) is 6.81. The zero-order valence-corrected chi connectivity index (χ0v) is 16.0. The number of carbonyl (C=O) groups is 1. The predicted molar refractivity (Wildman–Crippen MR) is 106 cm³/mol. The summed E-state index contributed by atoms with van der Waals surface area (Å²) in [6.07, 6.45) is 7.64. The highest BCUT2D eigenvalue weighted by Gasteiger charge is 2.18. The van der Waals surface area contributed by atoms with Gasteiger partial charge in [-0.2, -0.15) is 4.98 Å². The molecule has 0 radical (unpaired) electrons. The molecule has 1 aliphatic rings. The molecule has 3 rings (SSSR count). The minimum atomic E-state index is -0.623. The Morgan fingerprint density at radius 2 is 1.93 bits per heavy atom. The molecule has 0 saturated heterocycles. The van der Waals surface area contributed by atoms with E-state index in [0.29, 0.717) is 28.2 Å².